The van der Waals surface area contributed by atoms with Gasteiger partial charge < -0.3 is 9.69 Å². The number of aromatic nitrogens is 1. The van der Waals surface area contributed by atoms with E-state index in [2.05, 4.69) is 16.9 Å². The lowest BCUT2D eigenvalue weighted by atomic mass is 9.98. The molecule has 1 aromatic rings. The van der Waals surface area contributed by atoms with Gasteiger partial charge in [-0.15, -0.1) is 11.3 Å². The molecular weight excluding hydrogens is 208 g/mol. The fourth-order valence-corrected chi connectivity index (χ4v) is 2.98. The molecule has 0 unspecified atom stereocenters. The van der Waals surface area contributed by atoms with Crippen LogP contribution >= 0.6 is 11.3 Å². The molecule has 0 amide bonds. The lowest BCUT2D eigenvalue weighted by Crippen LogP contribution is -2.29. The van der Waals surface area contributed by atoms with Gasteiger partial charge in [-0.05, 0) is 33.0 Å². The third-order valence-corrected chi connectivity index (χ3v) is 4.11. The highest BCUT2D eigenvalue weighted by Gasteiger charge is 2.20. The van der Waals surface area contributed by atoms with Gasteiger partial charge in [-0.3, -0.25) is 0 Å². The van der Waals surface area contributed by atoms with Crippen LogP contribution in [0.3, 0.4) is 0 Å². The SMILES string of the molecule is CN1CCC(c2ncc(CC=O)s2)CC1. The average molecular weight is 224 g/mol. The molecule has 1 aromatic heterocycles. The maximum absolute atomic E-state index is 10.4. The minimum absolute atomic E-state index is 0.518. The maximum atomic E-state index is 10.4. The molecule has 1 aliphatic rings. The van der Waals surface area contributed by atoms with Crippen molar-refractivity contribution in [2.75, 3.05) is 20.1 Å². The Hall–Kier alpha value is -0.740. The van der Waals surface area contributed by atoms with Gasteiger partial charge in [-0.1, -0.05) is 0 Å². The molecule has 0 radical (unpaired) electrons. The van der Waals surface area contributed by atoms with E-state index >= 15 is 0 Å². The summed E-state index contributed by atoms with van der Waals surface area (Å²) in [6, 6.07) is 0. The van der Waals surface area contributed by atoms with Crippen molar-refractivity contribution >= 4 is 17.6 Å². The molecule has 15 heavy (non-hydrogen) atoms. The van der Waals surface area contributed by atoms with Gasteiger partial charge in [0.25, 0.3) is 0 Å². The molecule has 4 heteroatoms. The Kier molecular flexibility index (Phi) is 3.49. The van der Waals surface area contributed by atoms with Gasteiger partial charge in [-0.2, -0.15) is 0 Å². The van der Waals surface area contributed by atoms with Crippen LogP contribution in [-0.2, 0) is 11.2 Å². The number of carbonyl (C=O) groups is 1. The van der Waals surface area contributed by atoms with Crippen LogP contribution in [0.2, 0.25) is 0 Å². The van der Waals surface area contributed by atoms with Crippen molar-refractivity contribution in [2.24, 2.45) is 0 Å². The van der Waals surface area contributed by atoms with Crippen LogP contribution < -0.4 is 0 Å². The molecular formula is C11H16N2OS. The molecule has 0 aromatic carbocycles. The van der Waals surface area contributed by atoms with Crippen molar-refractivity contribution < 1.29 is 4.79 Å². The van der Waals surface area contributed by atoms with Crippen LogP contribution in [0.5, 0.6) is 0 Å². The Morgan fingerprint density at radius 1 is 1.60 bits per heavy atom. The molecule has 0 N–H and O–H groups in total. The molecule has 82 valence electrons. The highest BCUT2D eigenvalue weighted by molar-refractivity contribution is 7.11. The molecule has 2 rings (SSSR count). The zero-order chi connectivity index (χ0) is 10.7. The maximum Gasteiger partial charge on any atom is 0.125 e. The van der Waals surface area contributed by atoms with E-state index in [0.29, 0.717) is 12.3 Å². The first-order valence-electron chi connectivity index (χ1n) is 5.36. The van der Waals surface area contributed by atoms with Crippen molar-refractivity contribution in [3.05, 3.63) is 16.1 Å². The predicted molar refractivity (Wildman–Crippen MR) is 61.4 cm³/mol. The fourth-order valence-electron chi connectivity index (χ4n) is 1.94. The second-order valence-electron chi connectivity index (χ2n) is 4.11. The summed E-state index contributed by atoms with van der Waals surface area (Å²) in [4.78, 5) is 18.3. The molecule has 0 saturated carbocycles. The predicted octanol–water partition coefficient (Wildman–Crippen LogP) is 1.69. The molecule has 3 nitrogen and oxygen atoms in total. The summed E-state index contributed by atoms with van der Waals surface area (Å²) >= 11 is 1.70. The van der Waals surface area contributed by atoms with E-state index in [1.165, 1.54) is 17.8 Å². The molecule has 0 spiro atoms. The number of piperidine rings is 1. The summed E-state index contributed by atoms with van der Waals surface area (Å²) in [7, 11) is 2.16. The lowest BCUT2D eigenvalue weighted by Gasteiger charge is -2.27. The Labute approximate surface area is 94.1 Å². The molecule has 1 saturated heterocycles. The number of aldehydes is 1. The molecule has 1 aliphatic heterocycles. The van der Waals surface area contributed by atoms with Gasteiger partial charge >= 0.3 is 0 Å². The summed E-state index contributed by atoms with van der Waals surface area (Å²) in [6.07, 6.45) is 5.72. The van der Waals surface area contributed by atoms with Crippen molar-refractivity contribution in [2.45, 2.75) is 25.2 Å². The number of likely N-dealkylation sites (tertiary alicyclic amines) is 1. The Bertz CT molecular complexity index is 329. The van der Waals surface area contributed by atoms with Crippen LogP contribution in [0.4, 0.5) is 0 Å². The Morgan fingerprint density at radius 3 is 3.00 bits per heavy atom. The van der Waals surface area contributed by atoms with E-state index < -0.39 is 0 Å². The van der Waals surface area contributed by atoms with Gasteiger partial charge in [0.05, 0.1) is 5.01 Å². The van der Waals surface area contributed by atoms with Crippen LogP contribution in [0.25, 0.3) is 0 Å². The minimum atomic E-state index is 0.518. The standard InChI is InChI=1S/C11H16N2OS/c1-13-5-2-9(3-6-13)11-12-8-10(15-11)4-7-14/h7-9H,2-6H2,1H3. The first-order chi connectivity index (χ1) is 7.29. The smallest absolute Gasteiger partial charge is 0.125 e. The average Bonchev–Trinajstić information content (AvgIpc) is 2.68. The van der Waals surface area contributed by atoms with Gasteiger partial charge in [0.1, 0.15) is 6.29 Å². The number of rotatable bonds is 3. The second-order valence-corrected chi connectivity index (χ2v) is 5.26. The van der Waals surface area contributed by atoms with Crippen LogP contribution in [0.1, 0.15) is 28.6 Å². The normalized spacial score (nSPS) is 19.3. The van der Waals surface area contributed by atoms with E-state index in [0.717, 1.165) is 24.3 Å². The largest absolute Gasteiger partial charge is 0.306 e. The first kappa shape index (κ1) is 10.8. The monoisotopic (exact) mass is 224 g/mol. The summed E-state index contributed by atoms with van der Waals surface area (Å²) in [6.45, 7) is 2.32. The number of nitrogens with zero attached hydrogens (tertiary/aromatic N) is 2. The van der Waals surface area contributed by atoms with Crippen LogP contribution in [-0.4, -0.2) is 36.3 Å². The fraction of sp³-hybridized carbons (Fsp3) is 0.636. The number of hydrogen-bond acceptors (Lipinski definition) is 4. The highest BCUT2D eigenvalue weighted by atomic mass is 32.1. The summed E-state index contributed by atoms with van der Waals surface area (Å²) in [5, 5.41) is 1.22. The van der Waals surface area contributed by atoms with E-state index in [1.807, 2.05) is 6.20 Å². The van der Waals surface area contributed by atoms with Gasteiger partial charge in [0, 0.05) is 23.4 Å². The van der Waals surface area contributed by atoms with Gasteiger partial charge in [0.15, 0.2) is 0 Å². The van der Waals surface area contributed by atoms with Crippen LogP contribution in [0.15, 0.2) is 6.20 Å². The Morgan fingerprint density at radius 2 is 2.33 bits per heavy atom. The summed E-state index contributed by atoms with van der Waals surface area (Å²) < 4.78 is 0. The highest BCUT2D eigenvalue weighted by Crippen LogP contribution is 2.30. The van der Waals surface area contributed by atoms with Crippen molar-refractivity contribution in [3.63, 3.8) is 0 Å². The van der Waals surface area contributed by atoms with E-state index in [4.69, 9.17) is 0 Å². The molecule has 1 fully saturated rings. The zero-order valence-electron chi connectivity index (χ0n) is 8.98. The van der Waals surface area contributed by atoms with Crippen molar-refractivity contribution in [3.8, 4) is 0 Å². The van der Waals surface area contributed by atoms with E-state index in [1.54, 1.807) is 11.3 Å². The van der Waals surface area contributed by atoms with Gasteiger partial charge in [-0.25, -0.2) is 4.98 Å². The third kappa shape index (κ3) is 2.63. The summed E-state index contributed by atoms with van der Waals surface area (Å²) in [5.41, 5.74) is 0. The van der Waals surface area contributed by atoms with Crippen molar-refractivity contribution in [1.82, 2.24) is 9.88 Å². The molecule has 0 atom stereocenters. The number of hydrogen-bond donors (Lipinski definition) is 0. The van der Waals surface area contributed by atoms with Gasteiger partial charge in [0.2, 0.25) is 0 Å². The van der Waals surface area contributed by atoms with Crippen molar-refractivity contribution in [1.29, 1.82) is 0 Å². The second kappa shape index (κ2) is 4.86. The first-order valence-corrected chi connectivity index (χ1v) is 6.18. The lowest BCUT2D eigenvalue weighted by molar-refractivity contribution is -0.107. The van der Waals surface area contributed by atoms with Crippen LogP contribution in [0, 0.1) is 0 Å². The number of thiazole rings is 1. The third-order valence-electron chi connectivity index (χ3n) is 2.92. The van der Waals surface area contributed by atoms with E-state index in [-0.39, 0.29) is 0 Å². The molecule has 0 aliphatic carbocycles. The zero-order valence-corrected chi connectivity index (χ0v) is 9.80. The Balaban J connectivity index is 1.99. The molecule has 2 heterocycles. The summed E-state index contributed by atoms with van der Waals surface area (Å²) in [5.74, 6) is 0.617. The molecule has 0 bridgehead atoms. The topological polar surface area (TPSA) is 33.2 Å². The van der Waals surface area contributed by atoms with E-state index in [9.17, 15) is 4.79 Å². The minimum Gasteiger partial charge on any atom is -0.306 e. The number of carbonyl (C=O) groups excluding carboxylic acids is 1. The quantitative estimate of drug-likeness (QED) is 0.733.